The predicted molar refractivity (Wildman–Crippen MR) is 98.2 cm³/mol. The van der Waals surface area contributed by atoms with Gasteiger partial charge in [0.2, 0.25) is 5.91 Å². The van der Waals surface area contributed by atoms with Crippen molar-refractivity contribution >= 4 is 17.7 Å². The van der Waals surface area contributed by atoms with Gasteiger partial charge in [0.25, 0.3) is 0 Å². The first-order valence-electron chi connectivity index (χ1n) is 8.84. The minimum Gasteiger partial charge on any atom is -0.465 e. The van der Waals surface area contributed by atoms with Gasteiger partial charge in [-0.2, -0.15) is 5.26 Å². The van der Waals surface area contributed by atoms with Crippen LogP contribution in [0.1, 0.15) is 25.3 Å². The molecule has 1 aromatic rings. The molecule has 0 spiro atoms. The molecule has 1 fully saturated rings. The molecule has 28 heavy (non-hydrogen) atoms. The first-order valence-corrected chi connectivity index (χ1v) is 8.84. The Balaban J connectivity index is 2.28. The van der Waals surface area contributed by atoms with Crippen LogP contribution in [-0.4, -0.2) is 46.2 Å². The number of carbonyl (C=O) groups excluding carboxylic acids is 3. The van der Waals surface area contributed by atoms with Gasteiger partial charge in [0.05, 0.1) is 30.3 Å². The van der Waals surface area contributed by atoms with E-state index in [0.717, 1.165) is 0 Å². The number of ether oxygens (including phenoxy) is 1. The number of primary amides is 1. The summed E-state index contributed by atoms with van der Waals surface area (Å²) in [7, 11) is 0. The fourth-order valence-corrected chi connectivity index (χ4v) is 4.10. The van der Waals surface area contributed by atoms with E-state index in [-0.39, 0.29) is 18.0 Å². The summed E-state index contributed by atoms with van der Waals surface area (Å²) < 4.78 is 5.26. The summed E-state index contributed by atoms with van der Waals surface area (Å²) in [6.45, 7) is 3.13. The van der Waals surface area contributed by atoms with Crippen molar-refractivity contribution in [1.82, 2.24) is 9.88 Å². The van der Waals surface area contributed by atoms with Gasteiger partial charge < -0.3 is 15.4 Å². The molecule has 2 N–H and O–H groups in total. The largest absolute Gasteiger partial charge is 0.465 e. The van der Waals surface area contributed by atoms with E-state index in [0.29, 0.717) is 5.56 Å². The highest BCUT2D eigenvalue weighted by Gasteiger charge is 2.66. The van der Waals surface area contributed by atoms with Gasteiger partial charge in [0.15, 0.2) is 11.2 Å². The minimum atomic E-state index is -1.69. The Bertz CT molecular complexity index is 918. The fourth-order valence-electron chi connectivity index (χ4n) is 4.10. The van der Waals surface area contributed by atoms with Crippen molar-refractivity contribution in [3.8, 4) is 6.07 Å². The van der Waals surface area contributed by atoms with Gasteiger partial charge in [0, 0.05) is 24.5 Å². The number of hydrogen-bond donors (Lipinski definition) is 1. The first kappa shape index (κ1) is 19.3. The van der Waals surface area contributed by atoms with Crippen LogP contribution in [0.25, 0.3) is 0 Å². The lowest BCUT2D eigenvalue weighted by atomic mass is 9.68. The molecule has 0 unspecified atom stereocenters. The van der Waals surface area contributed by atoms with Crippen molar-refractivity contribution in [3.63, 3.8) is 0 Å². The number of hydrogen-bond acceptors (Lipinski definition) is 7. The quantitative estimate of drug-likeness (QED) is 0.749. The van der Waals surface area contributed by atoms with E-state index in [4.69, 9.17) is 10.5 Å². The number of amides is 1. The Morgan fingerprint density at radius 3 is 2.71 bits per heavy atom. The Hall–Kier alpha value is -3.47. The normalized spacial score (nSPS) is 28.1. The predicted octanol–water partition coefficient (Wildman–Crippen LogP) is 0.819. The Morgan fingerprint density at radius 2 is 2.18 bits per heavy atom. The Kier molecular flexibility index (Phi) is 5.01. The van der Waals surface area contributed by atoms with Crippen molar-refractivity contribution in [2.75, 3.05) is 6.61 Å². The zero-order valence-electron chi connectivity index (χ0n) is 15.5. The monoisotopic (exact) mass is 380 g/mol. The second-order valence-corrected chi connectivity index (χ2v) is 6.72. The second-order valence-electron chi connectivity index (χ2n) is 6.72. The summed E-state index contributed by atoms with van der Waals surface area (Å²) >= 11 is 0. The van der Waals surface area contributed by atoms with Gasteiger partial charge in [-0.05, 0) is 31.6 Å². The third kappa shape index (κ3) is 2.76. The van der Waals surface area contributed by atoms with Gasteiger partial charge in [-0.15, -0.1) is 0 Å². The zero-order valence-corrected chi connectivity index (χ0v) is 15.5. The number of nitriles is 1. The van der Waals surface area contributed by atoms with Crippen LogP contribution in [0.3, 0.4) is 0 Å². The molecule has 0 saturated carbocycles. The molecule has 0 bridgehead atoms. The molecular formula is C20H20N4O4. The summed E-state index contributed by atoms with van der Waals surface area (Å²) in [5.74, 6) is -2.47. The second kappa shape index (κ2) is 7.27. The number of ketones is 1. The third-order valence-corrected chi connectivity index (χ3v) is 5.20. The molecule has 8 nitrogen and oxygen atoms in total. The van der Waals surface area contributed by atoms with Gasteiger partial charge in [-0.25, -0.2) is 0 Å². The SMILES string of the molecule is CCOC(=O)[C@@]1(C#N)[C@H](c2cccnc2)[C@@H](C(C)=O)N2C=C(C(N)=O)C=C[C@@H]21. The van der Waals surface area contributed by atoms with Crippen molar-refractivity contribution in [2.24, 2.45) is 11.1 Å². The third-order valence-electron chi connectivity index (χ3n) is 5.20. The molecule has 1 aromatic heterocycles. The number of carbonyl (C=O) groups is 3. The maximum absolute atomic E-state index is 13.1. The summed E-state index contributed by atoms with van der Waals surface area (Å²) in [5.41, 5.74) is 4.45. The average molecular weight is 380 g/mol. The summed E-state index contributed by atoms with van der Waals surface area (Å²) in [6, 6.07) is 3.89. The van der Waals surface area contributed by atoms with Gasteiger partial charge in [0.1, 0.15) is 0 Å². The molecule has 0 aliphatic carbocycles. The lowest BCUT2D eigenvalue weighted by Crippen LogP contribution is -2.45. The van der Waals surface area contributed by atoms with E-state index in [1.807, 2.05) is 0 Å². The Morgan fingerprint density at radius 1 is 1.43 bits per heavy atom. The van der Waals surface area contributed by atoms with Crippen molar-refractivity contribution < 1.29 is 19.1 Å². The molecule has 144 valence electrons. The van der Waals surface area contributed by atoms with Gasteiger partial charge >= 0.3 is 5.97 Å². The zero-order chi connectivity index (χ0) is 20.5. The van der Waals surface area contributed by atoms with Crippen molar-refractivity contribution in [1.29, 1.82) is 5.26 Å². The molecular weight excluding hydrogens is 360 g/mol. The van der Waals surface area contributed by atoms with Crippen LogP contribution in [0.5, 0.6) is 0 Å². The molecule has 1 saturated heterocycles. The molecule has 2 aliphatic rings. The first-order chi connectivity index (χ1) is 13.4. The smallest absolute Gasteiger partial charge is 0.329 e. The minimum absolute atomic E-state index is 0.0889. The molecule has 3 heterocycles. The highest BCUT2D eigenvalue weighted by Crippen LogP contribution is 2.53. The fraction of sp³-hybridized carbons (Fsp3) is 0.350. The van der Waals surface area contributed by atoms with Crippen molar-refractivity contribution in [2.45, 2.75) is 31.8 Å². The highest BCUT2D eigenvalue weighted by molar-refractivity contribution is 5.96. The molecule has 2 aliphatic heterocycles. The molecule has 1 amide bonds. The highest BCUT2D eigenvalue weighted by atomic mass is 16.5. The molecule has 4 atom stereocenters. The van der Waals surface area contributed by atoms with Gasteiger partial charge in [-0.1, -0.05) is 12.1 Å². The van der Waals surface area contributed by atoms with Crippen LogP contribution >= 0.6 is 0 Å². The van der Waals surface area contributed by atoms with Crippen LogP contribution in [-0.2, 0) is 19.1 Å². The standard InChI is InChI=1S/C20H20N4O4/c1-3-28-19(27)20(11-21)15-7-6-14(18(22)26)10-24(15)17(12(2)25)16(20)13-5-4-8-23-9-13/h4-10,15-17H,3H2,1-2H3,(H2,22,26)/t15-,16-,17-,20-/m1/s1. The topological polar surface area (TPSA) is 126 Å². The lowest BCUT2D eigenvalue weighted by molar-refractivity contribution is -0.153. The van der Waals surface area contributed by atoms with E-state index in [2.05, 4.69) is 11.1 Å². The number of aromatic nitrogens is 1. The number of esters is 1. The van der Waals surface area contributed by atoms with Crippen LogP contribution in [0.15, 0.2) is 48.5 Å². The number of rotatable bonds is 5. The Labute approximate surface area is 162 Å². The van der Waals surface area contributed by atoms with Crippen LogP contribution in [0.2, 0.25) is 0 Å². The van der Waals surface area contributed by atoms with E-state index in [1.165, 1.54) is 25.4 Å². The maximum atomic E-state index is 13.1. The lowest BCUT2D eigenvalue weighted by Gasteiger charge is -2.32. The molecule has 0 radical (unpaired) electrons. The van der Waals surface area contributed by atoms with Gasteiger partial charge in [-0.3, -0.25) is 19.4 Å². The average Bonchev–Trinajstić information content (AvgIpc) is 2.99. The summed E-state index contributed by atoms with van der Waals surface area (Å²) in [4.78, 5) is 43.0. The van der Waals surface area contributed by atoms with Crippen LogP contribution in [0.4, 0.5) is 0 Å². The number of nitrogens with two attached hydrogens (primary N) is 1. The summed E-state index contributed by atoms with van der Waals surface area (Å²) in [6.07, 6.45) is 7.58. The number of pyridine rings is 1. The van der Waals surface area contributed by atoms with E-state index >= 15 is 0 Å². The van der Waals surface area contributed by atoms with E-state index in [9.17, 15) is 19.6 Å². The van der Waals surface area contributed by atoms with E-state index in [1.54, 1.807) is 36.2 Å². The van der Waals surface area contributed by atoms with E-state index < -0.39 is 35.3 Å². The number of Topliss-reactive ketones (excluding diaryl/α,β-unsaturated/α-hetero) is 1. The van der Waals surface area contributed by atoms with Crippen molar-refractivity contribution in [3.05, 3.63) is 54.0 Å². The molecule has 8 heteroatoms. The molecule has 3 rings (SSSR count). The summed E-state index contributed by atoms with van der Waals surface area (Å²) in [5, 5.41) is 10.2. The number of fused-ring (bicyclic) bond motifs is 1. The maximum Gasteiger partial charge on any atom is 0.329 e. The van der Waals surface area contributed by atoms with Crippen LogP contribution < -0.4 is 5.73 Å². The number of nitrogens with zero attached hydrogens (tertiary/aromatic N) is 3. The van der Waals surface area contributed by atoms with Crippen LogP contribution in [0, 0.1) is 16.7 Å². The molecule has 0 aromatic carbocycles.